The quantitative estimate of drug-likeness (QED) is 0.776. The van der Waals surface area contributed by atoms with E-state index in [0.717, 1.165) is 14.0 Å². The summed E-state index contributed by atoms with van der Waals surface area (Å²) in [5.74, 6) is 0.142. The van der Waals surface area contributed by atoms with Crippen molar-refractivity contribution in [3.63, 3.8) is 0 Å². The van der Waals surface area contributed by atoms with Gasteiger partial charge in [0.15, 0.2) is 0 Å². The van der Waals surface area contributed by atoms with Gasteiger partial charge in [-0.3, -0.25) is 10.1 Å². The van der Waals surface area contributed by atoms with Crippen LogP contribution in [0.3, 0.4) is 0 Å². The Morgan fingerprint density at radius 1 is 1.37 bits per heavy atom. The molecule has 4 nitrogen and oxygen atoms in total. The van der Waals surface area contributed by atoms with E-state index in [0.29, 0.717) is 10.8 Å². The van der Waals surface area contributed by atoms with Crippen molar-refractivity contribution in [3.05, 3.63) is 31.0 Å². The minimum Gasteiger partial charge on any atom is -0.338 e. The maximum atomic E-state index is 12.0. The fourth-order valence-electron chi connectivity index (χ4n) is 1.32. The third kappa shape index (κ3) is 3.46. The normalized spacial score (nSPS) is 11.6. The molecule has 0 saturated heterocycles. The minimum atomic E-state index is -0.215. The van der Waals surface area contributed by atoms with Crippen LogP contribution in [0.1, 0.15) is 36.1 Å². The lowest BCUT2D eigenvalue weighted by atomic mass is 9.92. The number of hydrogen-bond donors (Lipinski definition) is 1. The third-order valence-corrected chi connectivity index (χ3v) is 5.64. The molecule has 102 valence electrons. The van der Waals surface area contributed by atoms with Crippen molar-refractivity contribution in [1.82, 2.24) is 5.16 Å². The Balaban J connectivity index is 2.13. The van der Waals surface area contributed by atoms with E-state index in [-0.39, 0.29) is 11.3 Å². The van der Waals surface area contributed by atoms with E-state index in [9.17, 15) is 4.79 Å². The number of nitrogens with one attached hydrogen (secondary N) is 1. The Morgan fingerprint density at radius 3 is 2.53 bits per heavy atom. The average Bonchev–Trinajstić information content (AvgIpc) is 2.86. The highest BCUT2D eigenvalue weighted by atomic mass is 79.9. The molecule has 1 amide bonds. The standard InChI is InChI=1S/C12H12Br2N2O2S/c1-12(2,3)8-5-9(18-16-8)15-11(17)7-4-6(13)10(14)19-7/h4-5H,1-3H3,(H,15,17). The molecule has 0 aliphatic heterocycles. The minimum absolute atomic E-state index is 0.110. The second-order valence-electron chi connectivity index (χ2n) is 5.01. The first-order chi connectivity index (χ1) is 8.77. The van der Waals surface area contributed by atoms with Crippen molar-refractivity contribution in [2.75, 3.05) is 5.32 Å². The zero-order valence-corrected chi connectivity index (χ0v) is 14.6. The maximum Gasteiger partial charge on any atom is 0.268 e. The molecule has 0 saturated carbocycles. The Morgan fingerprint density at radius 2 is 2.05 bits per heavy atom. The van der Waals surface area contributed by atoms with Crippen LogP contribution in [-0.4, -0.2) is 11.1 Å². The number of anilines is 1. The highest BCUT2D eigenvalue weighted by Crippen LogP contribution is 2.33. The van der Waals surface area contributed by atoms with Crippen LogP contribution < -0.4 is 5.32 Å². The van der Waals surface area contributed by atoms with Crippen LogP contribution >= 0.6 is 43.2 Å². The third-order valence-electron chi connectivity index (χ3n) is 2.38. The maximum absolute atomic E-state index is 12.0. The number of halogens is 2. The van der Waals surface area contributed by atoms with Gasteiger partial charge >= 0.3 is 0 Å². The predicted octanol–water partition coefficient (Wildman–Crippen LogP) is 4.81. The molecule has 2 rings (SSSR count). The molecule has 0 unspecified atom stereocenters. The lowest BCUT2D eigenvalue weighted by Gasteiger charge is -2.12. The zero-order chi connectivity index (χ0) is 14.2. The monoisotopic (exact) mass is 406 g/mol. The molecule has 2 heterocycles. The van der Waals surface area contributed by atoms with Gasteiger partial charge in [-0.15, -0.1) is 11.3 Å². The zero-order valence-electron chi connectivity index (χ0n) is 10.6. The van der Waals surface area contributed by atoms with Crippen molar-refractivity contribution in [1.29, 1.82) is 0 Å². The van der Waals surface area contributed by atoms with Gasteiger partial charge in [-0.1, -0.05) is 25.9 Å². The van der Waals surface area contributed by atoms with Gasteiger partial charge in [0.25, 0.3) is 5.91 Å². The van der Waals surface area contributed by atoms with Crippen molar-refractivity contribution in [3.8, 4) is 0 Å². The summed E-state index contributed by atoms with van der Waals surface area (Å²) in [5.41, 5.74) is 0.693. The lowest BCUT2D eigenvalue weighted by molar-refractivity contribution is 0.102. The van der Waals surface area contributed by atoms with E-state index < -0.39 is 0 Å². The Kier molecular flexibility index (Phi) is 4.17. The summed E-state index contributed by atoms with van der Waals surface area (Å²) in [6, 6.07) is 3.50. The first-order valence-electron chi connectivity index (χ1n) is 5.51. The number of amides is 1. The second kappa shape index (κ2) is 5.38. The molecule has 19 heavy (non-hydrogen) atoms. The Labute approximate surface area is 131 Å². The predicted molar refractivity (Wildman–Crippen MR) is 82.9 cm³/mol. The molecule has 0 radical (unpaired) electrons. The molecule has 0 aliphatic rings. The second-order valence-corrected chi connectivity index (χ2v) is 8.24. The van der Waals surface area contributed by atoms with Gasteiger partial charge in [-0.25, -0.2) is 0 Å². The molecule has 7 heteroatoms. The SMILES string of the molecule is CC(C)(C)c1cc(NC(=O)c2cc(Br)c(Br)s2)on1. The van der Waals surface area contributed by atoms with Gasteiger partial charge in [-0.05, 0) is 37.9 Å². The van der Waals surface area contributed by atoms with Crippen molar-refractivity contribution < 1.29 is 9.32 Å². The van der Waals surface area contributed by atoms with Crippen LogP contribution in [0.4, 0.5) is 5.88 Å². The first kappa shape index (κ1) is 14.7. The molecule has 0 bridgehead atoms. The van der Waals surface area contributed by atoms with Crippen molar-refractivity contribution in [2.45, 2.75) is 26.2 Å². The van der Waals surface area contributed by atoms with E-state index >= 15 is 0 Å². The summed E-state index contributed by atoms with van der Waals surface area (Å²) >= 11 is 8.05. The topological polar surface area (TPSA) is 55.1 Å². The molecule has 0 spiro atoms. The summed E-state index contributed by atoms with van der Waals surface area (Å²) in [4.78, 5) is 12.6. The molecule has 2 aromatic rings. The Bertz CT molecular complexity index is 594. The van der Waals surface area contributed by atoms with Crippen LogP contribution in [0.2, 0.25) is 0 Å². The van der Waals surface area contributed by atoms with Crippen molar-refractivity contribution >= 4 is 55.0 Å². The number of carbonyl (C=O) groups is 1. The van der Waals surface area contributed by atoms with Gasteiger partial charge < -0.3 is 4.52 Å². The van der Waals surface area contributed by atoms with Gasteiger partial charge in [0.2, 0.25) is 5.88 Å². The first-order valence-corrected chi connectivity index (χ1v) is 7.91. The van der Waals surface area contributed by atoms with Crippen LogP contribution in [0.15, 0.2) is 24.9 Å². The van der Waals surface area contributed by atoms with Crippen LogP contribution in [-0.2, 0) is 5.41 Å². The highest BCUT2D eigenvalue weighted by Gasteiger charge is 2.20. The van der Waals surface area contributed by atoms with Crippen LogP contribution in [0, 0.1) is 0 Å². The van der Waals surface area contributed by atoms with E-state index in [1.165, 1.54) is 11.3 Å². The number of rotatable bonds is 2. The average molecular weight is 408 g/mol. The summed E-state index contributed by atoms with van der Waals surface area (Å²) in [5, 5.41) is 6.64. The van der Waals surface area contributed by atoms with Gasteiger partial charge in [0, 0.05) is 16.0 Å². The van der Waals surface area contributed by atoms with Crippen molar-refractivity contribution in [2.24, 2.45) is 0 Å². The smallest absolute Gasteiger partial charge is 0.268 e. The molecular formula is C12H12Br2N2O2S. The molecular weight excluding hydrogens is 396 g/mol. The van der Waals surface area contributed by atoms with E-state index in [1.807, 2.05) is 20.8 Å². The molecule has 0 fully saturated rings. The summed E-state index contributed by atoms with van der Waals surface area (Å²) in [6.45, 7) is 6.10. The van der Waals surface area contributed by atoms with E-state index in [4.69, 9.17) is 4.52 Å². The lowest BCUT2D eigenvalue weighted by Crippen LogP contribution is -2.11. The fraction of sp³-hybridized carbons (Fsp3) is 0.333. The van der Waals surface area contributed by atoms with E-state index in [1.54, 1.807) is 12.1 Å². The van der Waals surface area contributed by atoms with E-state index in [2.05, 4.69) is 42.3 Å². The summed E-state index contributed by atoms with van der Waals surface area (Å²) in [6.07, 6.45) is 0. The number of hydrogen-bond acceptors (Lipinski definition) is 4. The largest absolute Gasteiger partial charge is 0.338 e. The van der Waals surface area contributed by atoms with Crippen LogP contribution in [0.5, 0.6) is 0 Å². The molecule has 2 aromatic heterocycles. The summed E-state index contributed by atoms with van der Waals surface area (Å²) in [7, 11) is 0. The molecule has 0 atom stereocenters. The fourth-order valence-corrected chi connectivity index (χ4v) is 3.25. The van der Waals surface area contributed by atoms with Crippen LogP contribution in [0.25, 0.3) is 0 Å². The number of carbonyl (C=O) groups excluding carboxylic acids is 1. The number of nitrogens with zero attached hydrogens (tertiary/aromatic N) is 1. The number of aromatic nitrogens is 1. The summed E-state index contributed by atoms with van der Waals surface area (Å²) < 4.78 is 6.86. The molecule has 0 aliphatic carbocycles. The highest BCUT2D eigenvalue weighted by molar-refractivity contribution is 9.13. The molecule has 1 N–H and O–H groups in total. The molecule has 0 aromatic carbocycles. The van der Waals surface area contributed by atoms with Gasteiger partial charge in [0.1, 0.15) is 0 Å². The number of thiophene rings is 1. The van der Waals surface area contributed by atoms with Gasteiger partial charge in [-0.2, -0.15) is 0 Å². The van der Waals surface area contributed by atoms with Gasteiger partial charge in [0.05, 0.1) is 14.4 Å². The Hall–Kier alpha value is -0.660.